The Morgan fingerprint density at radius 3 is 2.72 bits per heavy atom. The van der Waals surface area contributed by atoms with Crippen molar-refractivity contribution >= 4 is 28.6 Å². The molecule has 2 atom stereocenters. The fourth-order valence-corrected chi connectivity index (χ4v) is 5.72. The van der Waals surface area contributed by atoms with E-state index in [0.717, 1.165) is 46.7 Å². The van der Waals surface area contributed by atoms with Crippen molar-refractivity contribution in [3.8, 4) is 22.6 Å². The Morgan fingerprint density at radius 2 is 2.00 bits per heavy atom. The first-order valence-corrected chi connectivity index (χ1v) is 14.3. The number of esters is 1. The summed E-state index contributed by atoms with van der Waals surface area (Å²) in [6, 6.07) is 19.3. The number of hydrogen-bond donors (Lipinski definition) is 0. The molecule has 1 fully saturated rings. The lowest BCUT2D eigenvalue weighted by molar-refractivity contribution is -0.0705. The number of carbonyl (C=O) groups excluding carboxylic acids is 1. The van der Waals surface area contributed by atoms with Crippen molar-refractivity contribution in [1.82, 2.24) is 14.5 Å². The number of imidazole rings is 1. The van der Waals surface area contributed by atoms with Crippen LogP contribution in [0, 0.1) is 5.82 Å². The Hall–Kier alpha value is -4.47. The van der Waals surface area contributed by atoms with Crippen LogP contribution in [0.1, 0.15) is 40.8 Å². The van der Waals surface area contributed by atoms with Gasteiger partial charge in [-0.05, 0) is 55.0 Å². The maximum atomic E-state index is 14.8. The highest BCUT2D eigenvalue weighted by molar-refractivity contribution is 6.30. The van der Waals surface area contributed by atoms with Crippen molar-refractivity contribution in [2.24, 2.45) is 0 Å². The van der Waals surface area contributed by atoms with Crippen LogP contribution in [0.2, 0.25) is 5.02 Å². The van der Waals surface area contributed by atoms with E-state index in [1.807, 2.05) is 36.4 Å². The summed E-state index contributed by atoms with van der Waals surface area (Å²) in [6.07, 6.45) is 3.34. The highest BCUT2D eigenvalue weighted by Gasteiger charge is 2.42. The number of carbonyl (C=O) groups is 1. The van der Waals surface area contributed by atoms with Crippen molar-refractivity contribution in [3.63, 3.8) is 0 Å². The maximum absolute atomic E-state index is 14.8. The van der Waals surface area contributed by atoms with Crippen LogP contribution >= 0.6 is 11.6 Å². The molecule has 1 unspecified atom stereocenters. The van der Waals surface area contributed by atoms with E-state index >= 15 is 0 Å². The third kappa shape index (κ3) is 4.98. The predicted octanol–water partition coefficient (Wildman–Crippen LogP) is 6.70. The monoisotopic (exact) mass is 599 g/mol. The molecule has 0 saturated carbocycles. The SMILES string of the molecule is COC(=O)c1ccc2nc(Cc3ccc(-c4cccc5c4OC(C)(c4ccc(Cl)cc4F)O5)cn3)n(C[C@@H]3CCO3)c2c1. The van der Waals surface area contributed by atoms with Crippen LogP contribution in [0.15, 0.2) is 72.9 Å². The molecule has 4 heterocycles. The number of rotatable bonds is 7. The maximum Gasteiger partial charge on any atom is 0.337 e. The van der Waals surface area contributed by atoms with E-state index in [4.69, 9.17) is 40.5 Å². The Bertz CT molecular complexity index is 1870. The number of aromatic nitrogens is 3. The van der Waals surface area contributed by atoms with Crippen molar-refractivity contribution in [3.05, 3.63) is 106 Å². The Balaban J connectivity index is 1.17. The average Bonchev–Trinajstić information content (AvgIpc) is 3.51. The molecular formula is C33H27ClFN3O5. The first-order chi connectivity index (χ1) is 20.8. The van der Waals surface area contributed by atoms with Crippen LogP contribution in [0.25, 0.3) is 22.2 Å². The first-order valence-electron chi connectivity index (χ1n) is 13.9. The van der Waals surface area contributed by atoms with E-state index in [-0.39, 0.29) is 11.7 Å². The number of para-hydroxylation sites is 1. The summed E-state index contributed by atoms with van der Waals surface area (Å²) in [7, 11) is 1.37. The quantitative estimate of drug-likeness (QED) is 0.192. The molecule has 3 aromatic carbocycles. The number of hydrogen-bond acceptors (Lipinski definition) is 7. The summed E-state index contributed by atoms with van der Waals surface area (Å²) < 4.78 is 39.9. The minimum absolute atomic E-state index is 0.0997. The summed E-state index contributed by atoms with van der Waals surface area (Å²) in [5.74, 6) is -0.405. The zero-order valence-electron chi connectivity index (χ0n) is 23.5. The zero-order chi connectivity index (χ0) is 29.7. The summed E-state index contributed by atoms with van der Waals surface area (Å²) in [5, 5.41) is 0.296. The molecule has 1 saturated heterocycles. The summed E-state index contributed by atoms with van der Waals surface area (Å²) in [5.41, 5.74) is 4.78. The molecule has 0 aliphatic carbocycles. The molecule has 0 amide bonds. The van der Waals surface area contributed by atoms with E-state index in [1.165, 1.54) is 13.2 Å². The van der Waals surface area contributed by atoms with Gasteiger partial charge >= 0.3 is 5.97 Å². The number of fused-ring (bicyclic) bond motifs is 2. The molecule has 0 spiro atoms. The van der Waals surface area contributed by atoms with E-state index in [0.29, 0.717) is 35.1 Å². The molecule has 7 rings (SSSR count). The minimum Gasteiger partial charge on any atom is -0.465 e. The second-order valence-corrected chi connectivity index (χ2v) is 11.2. The highest BCUT2D eigenvalue weighted by Crippen LogP contribution is 2.49. The minimum atomic E-state index is -1.35. The predicted molar refractivity (Wildman–Crippen MR) is 158 cm³/mol. The van der Waals surface area contributed by atoms with Gasteiger partial charge in [-0.2, -0.15) is 0 Å². The largest absolute Gasteiger partial charge is 0.465 e. The lowest BCUT2D eigenvalue weighted by atomic mass is 10.1. The van der Waals surface area contributed by atoms with E-state index in [2.05, 4.69) is 4.57 Å². The van der Waals surface area contributed by atoms with Gasteiger partial charge in [-0.15, -0.1) is 0 Å². The van der Waals surface area contributed by atoms with Gasteiger partial charge in [0, 0.05) is 48.0 Å². The fraction of sp³-hybridized carbons (Fsp3) is 0.242. The van der Waals surface area contributed by atoms with Crippen LogP contribution in [0.3, 0.4) is 0 Å². The molecule has 218 valence electrons. The van der Waals surface area contributed by atoms with Crippen LogP contribution in [-0.4, -0.2) is 40.3 Å². The molecule has 5 aromatic rings. The molecule has 43 heavy (non-hydrogen) atoms. The van der Waals surface area contributed by atoms with Gasteiger partial charge in [0.15, 0.2) is 11.5 Å². The topological polar surface area (TPSA) is 84.7 Å². The van der Waals surface area contributed by atoms with Gasteiger partial charge in [-0.25, -0.2) is 14.2 Å². The Kier molecular flexibility index (Phi) is 6.79. The van der Waals surface area contributed by atoms with Crippen molar-refractivity contribution in [2.75, 3.05) is 13.7 Å². The molecule has 0 bridgehead atoms. The second kappa shape index (κ2) is 10.7. The molecular weight excluding hydrogens is 573 g/mol. The molecule has 10 heteroatoms. The number of pyridine rings is 1. The van der Waals surface area contributed by atoms with Gasteiger partial charge in [0.05, 0.1) is 41.9 Å². The Labute approximate surface area is 252 Å². The van der Waals surface area contributed by atoms with Crippen molar-refractivity contribution in [2.45, 2.75) is 38.2 Å². The number of methoxy groups -OCH3 is 1. The van der Waals surface area contributed by atoms with Crippen LogP contribution in [-0.2, 0) is 28.2 Å². The summed E-state index contributed by atoms with van der Waals surface area (Å²) >= 11 is 5.95. The standard InChI is InChI=1S/C33H27ClFN3O5/c1-33(25-10-8-21(34)15-26(25)35)42-29-5-3-4-24(31(29)43-33)20-6-9-22(36-17-20)16-30-37-27-11-7-19(32(39)40-2)14-28(27)38(30)18-23-12-13-41-23/h3-11,14-15,17,23H,12-13,16,18H2,1-2H3/t23-,33?/m0/s1. The highest BCUT2D eigenvalue weighted by atomic mass is 35.5. The molecule has 2 aromatic heterocycles. The van der Waals surface area contributed by atoms with Crippen LogP contribution in [0.5, 0.6) is 11.5 Å². The molecule has 0 radical (unpaired) electrons. The lowest BCUT2D eigenvalue weighted by Gasteiger charge is -2.27. The zero-order valence-corrected chi connectivity index (χ0v) is 24.2. The molecule has 8 nitrogen and oxygen atoms in total. The lowest BCUT2D eigenvalue weighted by Crippen LogP contribution is -2.32. The third-order valence-corrected chi connectivity index (χ3v) is 8.14. The van der Waals surface area contributed by atoms with E-state index < -0.39 is 17.6 Å². The van der Waals surface area contributed by atoms with Gasteiger partial charge in [-0.3, -0.25) is 4.98 Å². The van der Waals surface area contributed by atoms with Crippen LogP contribution < -0.4 is 9.47 Å². The van der Waals surface area contributed by atoms with Gasteiger partial charge in [0.2, 0.25) is 0 Å². The normalized spacial score (nSPS) is 18.9. The first kappa shape index (κ1) is 27.4. The molecule has 2 aliphatic heterocycles. The van der Waals surface area contributed by atoms with Crippen molar-refractivity contribution in [1.29, 1.82) is 0 Å². The van der Waals surface area contributed by atoms with Gasteiger partial charge in [0.25, 0.3) is 5.79 Å². The number of benzene rings is 3. The second-order valence-electron chi connectivity index (χ2n) is 10.7. The smallest absolute Gasteiger partial charge is 0.337 e. The molecule has 2 aliphatic rings. The van der Waals surface area contributed by atoms with Gasteiger partial charge in [0.1, 0.15) is 11.6 Å². The summed E-state index contributed by atoms with van der Waals surface area (Å²) in [6.45, 7) is 3.06. The molecule has 0 N–H and O–H groups in total. The fourth-order valence-electron chi connectivity index (χ4n) is 5.56. The third-order valence-electron chi connectivity index (χ3n) is 7.90. The summed E-state index contributed by atoms with van der Waals surface area (Å²) in [4.78, 5) is 21.8. The average molecular weight is 600 g/mol. The van der Waals surface area contributed by atoms with E-state index in [9.17, 15) is 9.18 Å². The van der Waals surface area contributed by atoms with Gasteiger partial charge in [-0.1, -0.05) is 29.8 Å². The number of halogens is 2. The van der Waals surface area contributed by atoms with Crippen LogP contribution in [0.4, 0.5) is 4.39 Å². The van der Waals surface area contributed by atoms with E-state index in [1.54, 1.807) is 37.4 Å². The number of nitrogens with zero attached hydrogens (tertiary/aromatic N) is 3. The number of ether oxygens (including phenoxy) is 4. The van der Waals surface area contributed by atoms with Gasteiger partial charge < -0.3 is 23.5 Å². The van der Waals surface area contributed by atoms with Crippen molar-refractivity contribution < 1.29 is 28.1 Å². The Morgan fingerprint density at radius 1 is 1.14 bits per heavy atom.